The summed E-state index contributed by atoms with van der Waals surface area (Å²) in [6.45, 7) is 0.247. The number of ether oxygens (including phenoxy) is 1. The predicted octanol–water partition coefficient (Wildman–Crippen LogP) is 1.93. The molecule has 11 heteroatoms. The lowest BCUT2D eigenvalue weighted by Gasteiger charge is -2.31. The lowest BCUT2D eigenvalue weighted by Crippen LogP contribution is -2.52. The van der Waals surface area contributed by atoms with Gasteiger partial charge in [0, 0.05) is 12.1 Å². The number of carbonyl (C=O) groups is 5. The minimum atomic E-state index is -1.46. The van der Waals surface area contributed by atoms with Crippen LogP contribution in [0.1, 0.15) is 33.1 Å². The van der Waals surface area contributed by atoms with Crippen molar-refractivity contribution in [2.24, 2.45) is 0 Å². The molecular formula is C28H23N5O6. The van der Waals surface area contributed by atoms with Crippen molar-refractivity contribution in [1.82, 2.24) is 26.2 Å². The van der Waals surface area contributed by atoms with E-state index in [0.717, 1.165) is 16.7 Å². The van der Waals surface area contributed by atoms with E-state index in [1.54, 1.807) is 41.3 Å². The number of hydrogen-bond acceptors (Lipinski definition) is 6. The molecule has 2 unspecified atom stereocenters. The highest BCUT2D eigenvalue weighted by atomic mass is 16.5. The predicted molar refractivity (Wildman–Crippen MR) is 137 cm³/mol. The molecule has 2 fully saturated rings. The van der Waals surface area contributed by atoms with Crippen LogP contribution in [-0.4, -0.2) is 48.3 Å². The molecule has 3 heterocycles. The Labute approximate surface area is 222 Å². The van der Waals surface area contributed by atoms with Gasteiger partial charge in [-0.15, -0.1) is 0 Å². The summed E-state index contributed by atoms with van der Waals surface area (Å²) in [4.78, 5) is 63.5. The Bertz CT molecular complexity index is 1550. The highest BCUT2D eigenvalue weighted by molar-refractivity contribution is 6.08. The Morgan fingerprint density at radius 2 is 1.56 bits per heavy atom. The van der Waals surface area contributed by atoms with Crippen LogP contribution in [0.15, 0.2) is 66.7 Å². The van der Waals surface area contributed by atoms with Gasteiger partial charge in [-0.2, -0.15) is 0 Å². The largest absolute Gasteiger partial charge is 0.497 e. The third-order valence-corrected chi connectivity index (χ3v) is 7.29. The summed E-state index contributed by atoms with van der Waals surface area (Å²) in [6.07, 6.45) is 0. The molecule has 3 aromatic carbocycles. The number of fused-ring (bicyclic) bond motifs is 1. The minimum absolute atomic E-state index is 0.0520. The number of benzene rings is 3. The van der Waals surface area contributed by atoms with Crippen molar-refractivity contribution in [3.63, 3.8) is 0 Å². The molecule has 3 aliphatic rings. The fourth-order valence-electron chi connectivity index (χ4n) is 5.25. The summed E-state index contributed by atoms with van der Waals surface area (Å²) < 4.78 is 5.24. The standard InChI is InChI=1S/C28H23N5O6/c1-39-20-11-8-18-13-33(24(35)21(18)12-20)14-28(25(36)31-27(38)32-28)19-9-6-16(7-10-19)15-2-4-17(5-3-15)22-23(34)30-26(37)29-22/h2-12,22H,13-14H2,1H3,(H2,29,30,34,37)(H2,31,32,36,38). The highest BCUT2D eigenvalue weighted by Crippen LogP contribution is 2.33. The van der Waals surface area contributed by atoms with Gasteiger partial charge >= 0.3 is 12.1 Å². The van der Waals surface area contributed by atoms with Crippen LogP contribution in [0, 0.1) is 0 Å². The van der Waals surface area contributed by atoms with E-state index in [1.165, 1.54) is 7.11 Å². The smallest absolute Gasteiger partial charge is 0.322 e. The Balaban J connectivity index is 1.26. The average molecular weight is 526 g/mol. The van der Waals surface area contributed by atoms with Crippen LogP contribution >= 0.6 is 0 Å². The van der Waals surface area contributed by atoms with Crippen LogP contribution in [0.3, 0.4) is 0 Å². The van der Waals surface area contributed by atoms with Crippen LogP contribution in [0.4, 0.5) is 9.59 Å². The number of urea groups is 2. The molecule has 3 aliphatic heterocycles. The molecule has 11 nitrogen and oxygen atoms in total. The number of amides is 7. The van der Waals surface area contributed by atoms with Crippen LogP contribution in [-0.2, 0) is 21.7 Å². The van der Waals surface area contributed by atoms with Crippen molar-refractivity contribution in [2.45, 2.75) is 18.1 Å². The van der Waals surface area contributed by atoms with Crippen molar-refractivity contribution in [3.8, 4) is 16.9 Å². The monoisotopic (exact) mass is 525 g/mol. The van der Waals surface area contributed by atoms with E-state index in [0.29, 0.717) is 29.0 Å². The quantitative estimate of drug-likeness (QED) is 0.362. The van der Waals surface area contributed by atoms with Gasteiger partial charge in [-0.3, -0.25) is 25.0 Å². The van der Waals surface area contributed by atoms with E-state index in [1.807, 2.05) is 30.3 Å². The zero-order valence-electron chi connectivity index (χ0n) is 20.7. The average Bonchev–Trinajstić information content (AvgIpc) is 3.55. The molecule has 39 heavy (non-hydrogen) atoms. The highest BCUT2D eigenvalue weighted by Gasteiger charge is 2.50. The van der Waals surface area contributed by atoms with Crippen molar-refractivity contribution < 1.29 is 28.7 Å². The molecule has 7 amide bonds. The second kappa shape index (κ2) is 8.98. The fraction of sp³-hybridized carbons (Fsp3) is 0.179. The Morgan fingerprint density at radius 1 is 0.872 bits per heavy atom. The molecule has 2 atom stereocenters. The Kier molecular flexibility index (Phi) is 5.56. The van der Waals surface area contributed by atoms with Gasteiger partial charge < -0.3 is 20.3 Å². The summed E-state index contributed by atoms with van der Waals surface area (Å²) in [6, 6.07) is 17.7. The summed E-state index contributed by atoms with van der Waals surface area (Å²) >= 11 is 0. The number of methoxy groups -OCH3 is 1. The summed E-state index contributed by atoms with van der Waals surface area (Å²) in [5.74, 6) is -0.632. The molecule has 0 aromatic heterocycles. The number of imide groups is 2. The summed E-state index contributed by atoms with van der Waals surface area (Å²) in [5.41, 5.74) is 2.71. The molecule has 0 spiro atoms. The first-order valence-electron chi connectivity index (χ1n) is 12.2. The molecule has 0 radical (unpaired) electrons. The number of rotatable bonds is 6. The van der Waals surface area contributed by atoms with Crippen molar-refractivity contribution in [3.05, 3.63) is 89.0 Å². The van der Waals surface area contributed by atoms with Gasteiger partial charge in [-0.1, -0.05) is 54.6 Å². The van der Waals surface area contributed by atoms with Gasteiger partial charge in [0.05, 0.1) is 13.7 Å². The third kappa shape index (κ3) is 4.04. The summed E-state index contributed by atoms with van der Waals surface area (Å²) in [7, 11) is 1.53. The van der Waals surface area contributed by atoms with Gasteiger partial charge in [0.25, 0.3) is 17.7 Å². The van der Waals surface area contributed by atoms with E-state index in [4.69, 9.17) is 4.74 Å². The fourth-order valence-corrected chi connectivity index (χ4v) is 5.25. The van der Waals surface area contributed by atoms with E-state index in [9.17, 15) is 24.0 Å². The van der Waals surface area contributed by atoms with Crippen molar-refractivity contribution in [2.75, 3.05) is 13.7 Å². The molecule has 6 rings (SSSR count). The SMILES string of the molecule is COc1ccc2c(c1)C(=O)N(CC1(c3ccc(-c4ccc(C5NC(=O)NC5=O)cc4)cc3)NC(=O)NC1=O)C2. The van der Waals surface area contributed by atoms with E-state index < -0.39 is 35.5 Å². The maximum Gasteiger partial charge on any atom is 0.322 e. The van der Waals surface area contributed by atoms with E-state index in [-0.39, 0.29) is 12.5 Å². The molecule has 0 aliphatic carbocycles. The first kappa shape index (κ1) is 24.2. The number of hydrogen-bond donors (Lipinski definition) is 4. The molecule has 0 saturated carbocycles. The van der Waals surface area contributed by atoms with Crippen LogP contribution in [0.25, 0.3) is 11.1 Å². The molecule has 196 valence electrons. The molecular weight excluding hydrogens is 502 g/mol. The first-order valence-corrected chi connectivity index (χ1v) is 12.2. The number of nitrogens with one attached hydrogen (secondary N) is 4. The van der Waals surface area contributed by atoms with Crippen molar-refractivity contribution in [1.29, 1.82) is 0 Å². The van der Waals surface area contributed by atoms with Crippen LogP contribution < -0.4 is 26.0 Å². The van der Waals surface area contributed by atoms with Gasteiger partial charge in [-0.05, 0) is 39.9 Å². The van der Waals surface area contributed by atoms with E-state index >= 15 is 0 Å². The first-order chi connectivity index (χ1) is 18.8. The maximum absolute atomic E-state index is 13.2. The normalized spacial score (nSPS) is 21.8. The molecule has 2 saturated heterocycles. The molecule has 0 bridgehead atoms. The van der Waals surface area contributed by atoms with Crippen LogP contribution in [0.2, 0.25) is 0 Å². The Morgan fingerprint density at radius 3 is 2.15 bits per heavy atom. The maximum atomic E-state index is 13.2. The zero-order chi connectivity index (χ0) is 27.3. The van der Waals surface area contributed by atoms with E-state index in [2.05, 4.69) is 21.3 Å². The minimum Gasteiger partial charge on any atom is -0.497 e. The van der Waals surface area contributed by atoms with Crippen molar-refractivity contribution >= 4 is 29.8 Å². The molecule has 3 aromatic rings. The zero-order valence-corrected chi connectivity index (χ0v) is 20.7. The lowest BCUT2D eigenvalue weighted by atomic mass is 9.88. The van der Waals surface area contributed by atoms with Gasteiger partial charge in [-0.25, -0.2) is 9.59 Å². The number of carbonyl (C=O) groups excluding carboxylic acids is 5. The second-order valence-electron chi connectivity index (χ2n) is 9.59. The second-order valence-corrected chi connectivity index (χ2v) is 9.59. The summed E-state index contributed by atoms with van der Waals surface area (Å²) in [5, 5.41) is 9.84. The van der Waals surface area contributed by atoms with Gasteiger partial charge in [0.2, 0.25) is 0 Å². The number of nitrogens with zero attached hydrogens (tertiary/aromatic N) is 1. The lowest BCUT2D eigenvalue weighted by molar-refractivity contribution is -0.125. The Hall–Kier alpha value is -5.19. The molecule has 4 N–H and O–H groups in total. The topological polar surface area (TPSA) is 146 Å². The van der Waals surface area contributed by atoms with Gasteiger partial charge in [0.1, 0.15) is 11.8 Å². The third-order valence-electron chi connectivity index (χ3n) is 7.29. The van der Waals surface area contributed by atoms with Crippen LogP contribution in [0.5, 0.6) is 5.75 Å². The van der Waals surface area contributed by atoms with Gasteiger partial charge in [0.15, 0.2) is 5.54 Å².